The van der Waals surface area contributed by atoms with Gasteiger partial charge in [0.1, 0.15) is 0 Å². The van der Waals surface area contributed by atoms with Crippen LogP contribution >= 0.6 is 22.7 Å². The minimum absolute atomic E-state index is 0.654. The van der Waals surface area contributed by atoms with Crippen LogP contribution in [0.4, 0.5) is 5.13 Å². The van der Waals surface area contributed by atoms with Gasteiger partial charge in [0.2, 0.25) is 0 Å². The molecule has 0 saturated heterocycles. The summed E-state index contributed by atoms with van der Waals surface area (Å²) < 4.78 is 0. The normalized spacial score (nSPS) is 10.3. The van der Waals surface area contributed by atoms with Crippen molar-refractivity contribution in [2.75, 3.05) is 5.73 Å². The molecule has 0 radical (unpaired) electrons. The highest BCUT2D eigenvalue weighted by Gasteiger charge is 2.00. The monoisotopic (exact) mass is 196 g/mol. The maximum Gasteiger partial charge on any atom is 0.180 e. The van der Waals surface area contributed by atoms with Crippen molar-refractivity contribution in [2.24, 2.45) is 0 Å². The van der Waals surface area contributed by atoms with E-state index >= 15 is 0 Å². The van der Waals surface area contributed by atoms with Gasteiger partial charge >= 0.3 is 0 Å². The fourth-order valence-corrected chi connectivity index (χ4v) is 2.28. The molecular weight excluding hydrogens is 188 g/mol. The Morgan fingerprint density at radius 1 is 1.42 bits per heavy atom. The second kappa shape index (κ2) is 3.25. The number of thiophene rings is 1. The summed E-state index contributed by atoms with van der Waals surface area (Å²) in [5.41, 5.74) is 6.59. The van der Waals surface area contributed by atoms with Crippen molar-refractivity contribution in [1.29, 1.82) is 0 Å². The highest BCUT2D eigenvalue weighted by Crippen LogP contribution is 2.17. The van der Waals surface area contributed by atoms with E-state index in [-0.39, 0.29) is 0 Å². The number of nitrogens with zero attached hydrogens (tertiary/aromatic N) is 1. The van der Waals surface area contributed by atoms with E-state index in [2.05, 4.69) is 22.5 Å². The van der Waals surface area contributed by atoms with Crippen molar-refractivity contribution in [1.82, 2.24) is 4.98 Å². The van der Waals surface area contributed by atoms with E-state index in [1.807, 2.05) is 5.38 Å². The van der Waals surface area contributed by atoms with Crippen LogP contribution in [0.5, 0.6) is 0 Å². The van der Waals surface area contributed by atoms with Gasteiger partial charge in [-0.2, -0.15) is 0 Å². The Morgan fingerprint density at radius 3 is 2.92 bits per heavy atom. The highest BCUT2D eigenvalue weighted by molar-refractivity contribution is 7.13. The van der Waals surface area contributed by atoms with Gasteiger partial charge in [-0.3, -0.25) is 0 Å². The van der Waals surface area contributed by atoms with Gasteiger partial charge in [-0.25, -0.2) is 4.98 Å². The number of anilines is 1. The maximum absolute atomic E-state index is 5.52. The number of thiazole rings is 1. The topological polar surface area (TPSA) is 38.9 Å². The largest absolute Gasteiger partial charge is 0.375 e. The molecule has 12 heavy (non-hydrogen) atoms. The molecule has 0 saturated carbocycles. The summed E-state index contributed by atoms with van der Waals surface area (Å²) in [5, 5.41) is 4.74. The molecular formula is C8H8N2S2. The standard InChI is InChI=1S/C8H8N2S2/c9-8-10-6(5-12-8)4-7-2-1-3-11-7/h1-3,5H,4H2,(H2,9,10). The van der Waals surface area contributed by atoms with E-state index in [4.69, 9.17) is 5.73 Å². The van der Waals surface area contributed by atoms with Crippen molar-refractivity contribution in [3.05, 3.63) is 33.5 Å². The van der Waals surface area contributed by atoms with E-state index in [1.165, 1.54) is 16.2 Å². The zero-order valence-electron chi connectivity index (χ0n) is 6.36. The van der Waals surface area contributed by atoms with Gasteiger partial charge in [0.05, 0.1) is 5.69 Å². The molecule has 0 amide bonds. The third kappa shape index (κ3) is 1.65. The molecule has 0 fully saturated rings. The van der Waals surface area contributed by atoms with Gasteiger partial charge in [-0.1, -0.05) is 6.07 Å². The summed E-state index contributed by atoms with van der Waals surface area (Å²) in [5.74, 6) is 0. The first-order valence-electron chi connectivity index (χ1n) is 3.57. The van der Waals surface area contributed by atoms with Gasteiger partial charge in [0.25, 0.3) is 0 Å². The number of nitrogen functional groups attached to an aromatic ring is 1. The lowest BCUT2D eigenvalue weighted by atomic mass is 10.3. The average Bonchev–Trinajstić information content (AvgIpc) is 2.63. The SMILES string of the molecule is Nc1nc(Cc2cccs2)cs1. The Labute approximate surface area is 78.7 Å². The first-order valence-corrected chi connectivity index (χ1v) is 5.33. The van der Waals surface area contributed by atoms with Gasteiger partial charge in [-0.05, 0) is 11.4 Å². The predicted octanol–water partition coefficient (Wildman–Crippen LogP) is 2.38. The van der Waals surface area contributed by atoms with Crippen LogP contribution in [0.25, 0.3) is 0 Å². The Bertz CT molecular complexity index is 351. The van der Waals surface area contributed by atoms with Crippen LogP contribution in [0.2, 0.25) is 0 Å². The summed E-state index contributed by atoms with van der Waals surface area (Å²) in [6, 6.07) is 4.16. The molecule has 0 aliphatic carbocycles. The molecule has 0 unspecified atom stereocenters. The molecule has 2 aromatic heterocycles. The lowest BCUT2D eigenvalue weighted by Gasteiger charge is -1.89. The molecule has 62 valence electrons. The molecule has 2 aromatic rings. The van der Waals surface area contributed by atoms with Crippen LogP contribution in [-0.2, 0) is 6.42 Å². The molecule has 0 bridgehead atoms. The Kier molecular flexibility index (Phi) is 2.10. The van der Waals surface area contributed by atoms with Crippen LogP contribution in [0.3, 0.4) is 0 Å². The molecule has 0 aromatic carbocycles. The van der Waals surface area contributed by atoms with E-state index in [1.54, 1.807) is 11.3 Å². The first-order chi connectivity index (χ1) is 5.84. The second-order valence-electron chi connectivity index (χ2n) is 2.43. The molecule has 2 N–H and O–H groups in total. The molecule has 4 heteroatoms. The van der Waals surface area contributed by atoms with E-state index in [0.29, 0.717) is 5.13 Å². The average molecular weight is 196 g/mol. The smallest absolute Gasteiger partial charge is 0.180 e. The summed E-state index contributed by atoms with van der Waals surface area (Å²) in [4.78, 5) is 5.52. The first kappa shape index (κ1) is 7.76. The van der Waals surface area contributed by atoms with E-state index in [9.17, 15) is 0 Å². The molecule has 0 atom stereocenters. The van der Waals surface area contributed by atoms with Crippen LogP contribution in [0.15, 0.2) is 22.9 Å². The molecule has 0 spiro atoms. The molecule has 0 aliphatic heterocycles. The number of hydrogen-bond donors (Lipinski definition) is 1. The van der Waals surface area contributed by atoms with E-state index < -0.39 is 0 Å². The van der Waals surface area contributed by atoms with Crippen LogP contribution in [0, 0.1) is 0 Å². The number of nitrogens with two attached hydrogens (primary N) is 1. The predicted molar refractivity (Wildman–Crippen MR) is 53.7 cm³/mol. The summed E-state index contributed by atoms with van der Waals surface area (Å²) in [6.45, 7) is 0. The summed E-state index contributed by atoms with van der Waals surface area (Å²) in [6.07, 6.45) is 0.908. The third-order valence-electron chi connectivity index (χ3n) is 1.50. The lowest BCUT2D eigenvalue weighted by Crippen LogP contribution is -1.86. The van der Waals surface area contributed by atoms with Gasteiger partial charge in [0.15, 0.2) is 5.13 Å². The van der Waals surface area contributed by atoms with Gasteiger partial charge in [-0.15, -0.1) is 22.7 Å². The van der Waals surface area contributed by atoms with Crippen LogP contribution < -0.4 is 5.73 Å². The van der Waals surface area contributed by atoms with Crippen molar-refractivity contribution >= 4 is 27.8 Å². The Balaban J connectivity index is 2.14. The van der Waals surface area contributed by atoms with Gasteiger partial charge in [0, 0.05) is 16.7 Å². The minimum Gasteiger partial charge on any atom is -0.375 e. The highest BCUT2D eigenvalue weighted by atomic mass is 32.1. The zero-order chi connectivity index (χ0) is 8.39. The Morgan fingerprint density at radius 2 is 2.33 bits per heavy atom. The van der Waals surface area contributed by atoms with Crippen molar-refractivity contribution in [2.45, 2.75) is 6.42 Å². The maximum atomic E-state index is 5.52. The Hall–Kier alpha value is -0.870. The third-order valence-corrected chi connectivity index (χ3v) is 3.10. The lowest BCUT2D eigenvalue weighted by molar-refractivity contribution is 1.14. The fraction of sp³-hybridized carbons (Fsp3) is 0.125. The quantitative estimate of drug-likeness (QED) is 0.801. The van der Waals surface area contributed by atoms with Crippen LogP contribution in [0.1, 0.15) is 10.6 Å². The minimum atomic E-state index is 0.654. The number of rotatable bonds is 2. The van der Waals surface area contributed by atoms with Crippen molar-refractivity contribution in [3.8, 4) is 0 Å². The second-order valence-corrected chi connectivity index (χ2v) is 4.36. The zero-order valence-corrected chi connectivity index (χ0v) is 7.99. The molecule has 2 heterocycles. The molecule has 0 aliphatic rings. The van der Waals surface area contributed by atoms with Crippen LogP contribution in [-0.4, -0.2) is 4.98 Å². The van der Waals surface area contributed by atoms with Crippen molar-refractivity contribution < 1.29 is 0 Å². The summed E-state index contributed by atoms with van der Waals surface area (Å²) in [7, 11) is 0. The number of aromatic nitrogens is 1. The van der Waals surface area contributed by atoms with Crippen molar-refractivity contribution in [3.63, 3.8) is 0 Å². The fourth-order valence-electron chi connectivity index (χ4n) is 0.996. The number of hydrogen-bond acceptors (Lipinski definition) is 4. The van der Waals surface area contributed by atoms with Gasteiger partial charge < -0.3 is 5.73 Å². The van der Waals surface area contributed by atoms with E-state index in [0.717, 1.165) is 12.1 Å². The molecule has 2 nitrogen and oxygen atoms in total. The molecule has 2 rings (SSSR count). The summed E-state index contributed by atoms with van der Waals surface area (Å²) >= 11 is 3.25.